The first-order chi connectivity index (χ1) is 6.38. The van der Waals surface area contributed by atoms with Gasteiger partial charge in [0.2, 0.25) is 0 Å². The maximum atomic E-state index is 4.56. The summed E-state index contributed by atoms with van der Waals surface area (Å²) in [7, 11) is 0. The van der Waals surface area contributed by atoms with Crippen molar-refractivity contribution in [2.24, 2.45) is 0 Å². The second-order valence-electron chi connectivity index (χ2n) is 3.90. The molecule has 76 valence electrons. The zero-order chi connectivity index (χ0) is 9.10. The van der Waals surface area contributed by atoms with E-state index in [1.165, 1.54) is 38.9 Å². The van der Waals surface area contributed by atoms with Gasteiger partial charge in [-0.05, 0) is 38.9 Å². The van der Waals surface area contributed by atoms with Gasteiger partial charge in [0.05, 0.1) is 0 Å². The summed E-state index contributed by atoms with van der Waals surface area (Å²) in [5.41, 5.74) is 0.289. The number of nitrogens with one attached hydrogen (secondary N) is 2. The molecule has 0 aromatic heterocycles. The molecule has 0 radical (unpaired) electrons. The molecule has 0 bridgehead atoms. The lowest BCUT2D eigenvalue weighted by Gasteiger charge is -2.41. The second-order valence-corrected chi connectivity index (χ2v) is 4.39. The van der Waals surface area contributed by atoms with Crippen LogP contribution in [0.3, 0.4) is 0 Å². The average molecular weight is 201 g/mol. The number of rotatable bonds is 1. The highest BCUT2D eigenvalue weighted by molar-refractivity contribution is 7.80. The summed E-state index contributed by atoms with van der Waals surface area (Å²) in [6.45, 7) is 4.67. The molecule has 2 heterocycles. The van der Waals surface area contributed by atoms with Gasteiger partial charge >= 0.3 is 0 Å². The van der Waals surface area contributed by atoms with Gasteiger partial charge in [-0.2, -0.15) is 0 Å². The third kappa shape index (κ3) is 2.37. The van der Waals surface area contributed by atoms with E-state index in [-0.39, 0.29) is 5.50 Å². The molecule has 0 spiro atoms. The van der Waals surface area contributed by atoms with Crippen molar-refractivity contribution in [2.75, 3.05) is 26.2 Å². The van der Waals surface area contributed by atoms with E-state index < -0.39 is 0 Å². The van der Waals surface area contributed by atoms with Gasteiger partial charge in [0.1, 0.15) is 5.50 Å². The maximum Gasteiger partial charge on any atom is 0.105 e. The minimum Gasteiger partial charge on any atom is -0.317 e. The highest BCUT2D eigenvalue weighted by Crippen LogP contribution is 2.18. The number of hydrogen-bond donors (Lipinski definition) is 3. The Labute approximate surface area is 85.7 Å². The molecule has 4 heteroatoms. The average Bonchev–Trinajstić information content (AvgIpc) is 2.20. The molecule has 2 N–H and O–H groups in total. The van der Waals surface area contributed by atoms with E-state index in [1.54, 1.807) is 0 Å². The lowest BCUT2D eigenvalue weighted by atomic mass is 10.0. The topological polar surface area (TPSA) is 27.3 Å². The summed E-state index contributed by atoms with van der Waals surface area (Å²) in [6.07, 6.45) is 3.82. The highest BCUT2D eigenvalue weighted by Gasteiger charge is 2.26. The zero-order valence-electron chi connectivity index (χ0n) is 8.00. The van der Waals surface area contributed by atoms with Crippen LogP contribution in [0.5, 0.6) is 0 Å². The number of nitrogens with zero attached hydrogens (tertiary/aromatic N) is 1. The molecule has 0 saturated carbocycles. The van der Waals surface area contributed by atoms with E-state index in [2.05, 4.69) is 28.2 Å². The van der Waals surface area contributed by atoms with E-state index in [4.69, 9.17) is 0 Å². The van der Waals surface area contributed by atoms with Crippen molar-refractivity contribution in [3.63, 3.8) is 0 Å². The van der Waals surface area contributed by atoms with E-state index in [0.717, 1.165) is 12.6 Å². The van der Waals surface area contributed by atoms with Gasteiger partial charge in [-0.1, -0.05) is 0 Å². The summed E-state index contributed by atoms with van der Waals surface area (Å²) in [5.74, 6) is 0. The fraction of sp³-hybridized carbons (Fsp3) is 1.00. The van der Waals surface area contributed by atoms with Gasteiger partial charge < -0.3 is 5.32 Å². The van der Waals surface area contributed by atoms with Crippen molar-refractivity contribution in [1.29, 1.82) is 0 Å². The predicted octanol–water partition coefficient (Wildman–Crippen LogP) is 0.247. The quantitative estimate of drug-likeness (QED) is 0.531. The van der Waals surface area contributed by atoms with Crippen LogP contribution in [0, 0.1) is 0 Å². The minimum absolute atomic E-state index is 0.289. The monoisotopic (exact) mass is 201 g/mol. The Bertz CT molecular complexity index is 159. The molecule has 13 heavy (non-hydrogen) atoms. The molecule has 0 amide bonds. The smallest absolute Gasteiger partial charge is 0.105 e. The Morgan fingerprint density at radius 1 is 1.15 bits per heavy atom. The summed E-state index contributed by atoms with van der Waals surface area (Å²) >= 11 is 4.56. The largest absolute Gasteiger partial charge is 0.317 e. The molecule has 0 aliphatic carbocycles. The van der Waals surface area contributed by atoms with Gasteiger partial charge in [0.25, 0.3) is 0 Å². The summed E-state index contributed by atoms with van der Waals surface area (Å²) in [4.78, 5) is 2.51. The van der Waals surface area contributed by atoms with Crippen LogP contribution in [0.1, 0.15) is 19.3 Å². The molecule has 2 fully saturated rings. The zero-order valence-corrected chi connectivity index (χ0v) is 8.89. The van der Waals surface area contributed by atoms with E-state index in [9.17, 15) is 0 Å². The van der Waals surface area contributed by atoms with Crippen LogP contribution in [-0.4, -0.2) is 42.6 Å². The number of thiol groups is 1. The van der Waals surface area contributed by atoms with Crippen molar-refractivity contribution in [2.45, 2.75) is 30.8 Å². The Morgan fingerprint density at radius 3 is 2.62 bits per heavy atom. The molecular formula is C9H19N3S. The van der Waals surface area contributed by atoms with Crippen LogP contribution in [-0.2, 0) is 0 Å². The highest BCUT2D eigenvalue weighted by atomic mass is 32.1. The molecule has 3 nitrogen and oxygen atoms in total. The molecule has 0 aromatic carbocycles. The van der Waals surface area contributed by atoms with Crippen LogP contribution >= 0.6 is 12.6 Å². The molecule has 2 saturated heterocycles. The molecule has 2 aliphatic rings. The Morgan fingerprint density at radius 2 is 1.92 bits per heavy atom. The third-order valence-electron chi connectivity index (χ3n) is 3.01. The van der Waals surface area contributed by atoms with Crippen LogP contribution in [0.25, 0.3) is 0 Å². The van der Waals surface area contributed by atoms with Crippen LogP contribution in [0.2, 0.25) is 0 Å². The first-order valence-corrected chi connectivity index (χ1v) is 5.77. The third-order valence-corrected chi connectivity index (χ3v) is 3.49. The van der Waals surface area contributed by atoms with Crippen molar-refractivity contribution in [3.8, 4) is 0 Å². The molecule has 2 aliphatic heterocycles. The molecule has 0 aromatic rings. The Balaban J connectivity index is 1.88. The standard InChI is InChI=1S/C9H19N3S/c13-9-11-4-1-7-12(9)8-2-5-10-6-3-8/h8-11,13H,1-7H2. The summed E-state index contributed by atoms with van der Waals surface area (Å²) in [6, 6.07) is 0.747. The minimum atomic E-state index is 0.289. The summed E-state index contributed by atoms with van der Waals surface area (Å²) < 4.78 is 0. The van der Waals surface area contributed by atoms with Crippen molar-refractivity contribution in [3.05, 3.63) is 0 Å². The SMILES string of the molecule is SC1NCCCN1C1CCNCC1. The first kappa shape index (κ1) is 9.77. The lowest BCUT2D eigenvalue weighted by molar-refractivity contribution is 0.110. The number of hydrogen-bond acceptors (Lipinski definition) is 4. The van der Waals surface area contributed by atoms with Crippen LogP contribution in [0.4, 0.5) is 0 Å². The molecule has 1 unspecified atom stereocenters. The predicted molar refractivity (Wildman–Crippen MR) is 58.0 cm³/mol. The van der Waals surface area contributed by atoms with E-state index >= 15 is 0 Å². The number of piperidine rings is 1. The van der Waals surface area contributed by atoms with Crippen LogP contribution < -0.4 is 10.6 Å². The Hall–Kier alpha value is 0.230. The molecular weight excluding hydrogens is 182 g/mol. The van der Waals surface area contributed by atoms with Crippen molar-refractivity contribution in [1.82, 2.24) is 15.5 Å². The normalized spacial score (nSPS) is 33.5. The maximum absolute atomic E-state index is 4.56. The molecule has 2 rings (SSSR count). The second kappa shape index (κ2) is 4.64. The van der Waals surface area contributed by atoms with Gasteiger partial charge in [-0.15, -0.1) is 12.6 Å². The van der Waals surface area contributed by atoms with Gasteiger partial charge in [0, 0.05) is 12.6 Å². The van der Waals surface area contributed by atoms with Gasteiger partial charge in [-0.25, -0.2) is 0 Å². The lowest BCUT2D eigenvalue weighted by Crippen LogP contribution is -2.54. The fourth-order valence-corrected chi connectivity index (χ4v) is 2.69. The summed E-state index contributed by atoms with van der Waals surface area (Å²) in [5, 5.41) is 6.80. The van der Waals surface area contributed by atoms with Gasteiger partial charge in [0.15, 0.2) is 0 Å². The van der Waals surface area contributed by atoms with Crippen molar-refractivity contribution >= 4 is 12.6 Å². The Kier molecular flexibility index (Phi) is 3.49. The van der Waals surface area contributed by atoms with E-state index in [0.29, 0.717) is 0 Å². The van der Waals surface area contributed by atoms with E-state index in [1.807, 2.05) is 0 Å². The fourth-order valence-electron chi connectivity index (χ4n) is 2.25. The molecule has 1 atom stereocenters. The van der Waals surface area contributed by atoms with Crippen LogP contribution in [0.15, 0.2) is 0 Å². The van der Waals surface area contributed by atoms with Gasteiger partial charge in [-0.3, -0.25) is 10.2 Å². The van der Waals surface area contributed by atoms with Crippen molar-refractivity contribution < 1.29 is 0 Å². The first-order valence-electron chi connectivity index (χ1n) is 5.26.